The van der Waals surface area contributed by atoms with Gasteiger partial charge in [0, 0.05) is 38.0 Å². The van der Waals surface area contributed by atoms with Crippen LogP contribution in [0.25, 0.3) is 0 Å². The van der Waals surface area contributed by atoms with Crippen LogP contribution in [0, 0.1) is 0 Å². The van der Waals surface area contributed by atoms with Crippen LogP contribution in [0.4, 0.5) is 5.69 Å². The van der Waals surface area contributed by atoms with Gasteiger partial charge in [-0.05, 0) is 18.6 Å². The SMILES string of the molecule is COCC(=O)N[C@H]1CCN(c2cccc(O)c2)C1. The summed E-state index contributed by atoms with van der Waals surface area (Å²) in [6.07, 6.45) is 0.908. The van der Waals surface area contributed by atoms with Gasteiger partial charge in [0.05, 0.1) is 0 Å². The van der Waals surface area contributed by atoms with Gasteiger partial charge in [-0.2, -0.15) is 0 Å². The zero-order chi connectivity index (χ0) is 13.0. The molecule has 1 heterocycles. The average molecular weight is 250 g/mol. The van der Waals surface area contributed by atoms with Crippen molar-refractivity contribution < 1.29 is 14.6 Å². The topological polar surface area (TPSA) is 61.8 Å². The molecule has 1 aromatic rings. The number of benzene rings is 1. The first-order valence-corrected chi connectivity index (χ1v) is 6.01. The molecular formula is C13H18N2O3. The first-order valence-electron chi connectivity index (χ1n) is 6.01. The first kappa shape index (κ1) is 12.7. The molecule has 1 aromatic carbocycles. The molecule has 0 aliphatic carbocycles. The molecule has 1 aliphatic heterocycles. The van der Waals surface area contributed by atoms with Crippen LogP contribution in [0.5, 0.6) is 5.75 Å². The molecule has 98 valence electrons. The van der Waals surface area contributed by atoms with Crippen molar-refractivity contribution >= 4 is 11.6 Å². The molecule has 1 aliphatic rings. The highest BCUT2D eigenvalue weighted by molar-refractivity contribution is 5.77. The van der Waals surface area contributed by atoms with Crippen LogP contribution < -0.4 is 10.2 Å². The lowest BCUT2D eigenvalue weighted by molar-refractivity contribution is -0.125. The van der Waals surface area contributed by atoms with Crippen LogP contribution >= 0.6 is 0 Å². The molecule has 0 unspecified atom stereocenters. The van der Waals surface area contributed by atoms with Gasteiger partial charge in [0.1, 0.15) is 12.4 Å². The standard InChI is InChI=1S/C13H18N2O3/c1-18-9-13(17)14-10-5-6-15(8-10)11-3-2-4-12(16)7-11/h2-4,7,10,16H,5-6,8-9H2,1H3,(H,14,17)/t10-/m0/s1. The minimum absolute atomic E-state index is 0.0831. The van der Waals surface area contributed by atoms with E-state index in [0.717, 1.165) is 25.2 Å². The maximum atomic E-state index is 11.4. The van der Waals surface area contributed by atoms with E-state index in [4.69, 9.17) is 4.74 Å². The van der Waals surface area contributed by atoms with Gasteiger partial charge in [-0.1, -0.05) is 6.07 Å². The number of carbonyl (C=O) groups excluding carboxylic acids is 1. The fourth-order valence-corrected chi connectivity index (χ4v) is 2.20. The normalized spacial score (nSPS) is 18.9. The predicted molar refractivity (Wildman–Crippen MR) is 68.7 cm³/mol. The van der Waals surface area contributed by atoms with Crippen LogP contribution in [0.15, 0.2) is 24.3 Å². The first-order chi connectivity index (χ1) is 8.69. The molecule has 5 nitrogen and oxygen atoms in total. The van der Waals surface area contributed by atoms with Crippen molar-refractivity contribution in [1.29, 1.82) is 0 Å². The summed E-state index contributed by atoms with van der Waals surface area (Å²) in [6.45, 7) is 1.74. The molecule has 1 saturated heterocycles. The van der Waals surface area contributed by atoms with Crippen LogP contribution in [0.3, 0.4) is 0 Å². The van der Waals surface area contributed by atoms with E-state index in [0.29, 0.717) is 0 Å². The van der Waals surface area contributed by atoms with Crippen LogP contribution in [0.2, 0.25) is 0 Å². The second-order valence-electron chi connectivity index (χ2n) is 4.45. The third-order valence-corrected chi connectivity index (χ3v) is 3.02. The van der Waals surface area contributed by atoms with Crippen molar-refractivity contribution in [2.24, 2.45) is 0 Å². The van der Waals surface area contributed by atoms with E-state index in [1.807, 2.05) is 12.1 Å². The number of hydrogen-bond donors (Lipinski definition) is 2. The van der Waals surface area contributed by atoms with Crippen molar-refractivity contribution in [3.8, 4) is 5.75 Å². The lowest BCUT2D eigenvalue weighted by atomic mass is 10.2. The van der Waals surface area contributed by atoms with Gasteiger partial charge in [-0.15, -0.1) is 0 Å². The zero-order valence-corrected chi connectivity index (χ0v) is 10.4. The average Bonchev–Trinajstić information content (AvgIpc) is 2.78. The Kier molecular flexibility index (Phi) is 4.04. The Hall–Kier alpha value is -1.75. The number of phenolic OH excluding ortho intramolecular Hbond substituents is 1. The van der Waals surface area contributed by atoms with E-state index in [9.17, 15) is 9.90 Å². The highest BCUT2D eigenvalue weighted by atomic mass is 16.5. The summed E-state index contributed by atoms with van der Waals surface area (Å²) in [4.78, 5) is 13.6. The molecule has 0 spiro atoms. The van der Waals surface area contributed by atoms with Crippen LogP contribution in [-0.2, 0) is 9.53 Å². The highest BCUT2D eigenvalue weighted by Gasteiger charge is 2.24. The molecular weight excluding hydrogens is 232 g/mol. The quantitative estimate of drug-likeness (QED) is 0.827. The van der Waals surface area contributed by atoms with Gasteiger partial charge < -0.3 is 20.1 Å². The maximum absolute atomic E-state index is 11.4. The Labute approximate surface area is 106 Å². The van der Waals surface area contributed by atoms with E-state index in [1.165, 1.54) is 7.11 Å². The van der Waals surface area contributed by atoms with Gasteiger partial charge in [-0.3, -0.25) is 4.79 Å². The smallest absolute Gasteiger partial charge is 0.246 e. The second-order valence-corrected chi connectivity index (χ2v) is 4.45. The largest absolute Gasteiger partial charge is 0.508 e. The lowest BCUT2D eigenvalue weighted by Crippen LogP contribution is -2.38. The Morgan fingerprint density at radius 2 is 2.44 bits per heavy atom. The van der Waals surface area contributed by atoms with E-state index >= 15 is 0 Å². The summed E-state index contributed by atoms with van der Waals surface area (Å²) in [7, 11) is 1.51. The summed E-state index contributed by atoms with van der Waals surface area (Å²) in [5, 5.41) is 12.4. The number of nitrogens with one attached hydrogen (secondary N) is 1. The van der Waals surface area contributed by atoms with E-state index < -0.39 is 0 Å². The summed E-state index contributed by atoms with van der Waals surface area (Å²) < 4.78 is 4.78. The van der Waals surface area contributed by atoms with Crippen LogP contribution in [-0.4, -0.2) is 43.9 Å². The highest BCUT2D eigenvalue weighted by Crippen LogP contribution is 2.23. The fourth-order valence-electron chi connectivity index (χ4n) is 2.20. The summed E-state index contributed by atoms with van der Waals surface area (Å²) >= 11 is 0. The molecule has 0 radical (unpaired) electrons. The van der Waals surface area contributed by atoms with Crippen molar-refractivity contribution in [1.82, 2.24) is 5.32 Å². The molecule has 1 fully saturated rings. The summed E-state index contributed by atoms with van der Waals surface area (Å²) in [5.41, 5.74) is 0.985. The van der Waals surface area contributed by atoms with Gasteiger partial charge >= 0.3 is 0 Å². The third-order valence-electron chi connectivity index (χ3n) is 3.02. The minimum atomic E-state index is -0.0831. The van der Waals surface area contributed by atoms with Crippen molar-refractivity contribution in [3.05, 3.63) is 24.3 Å². The molecule has 1 amide bonds. The molecule has 0 aromatic heterocycles. The van der Waals surface area contributed by atoms with E-state index in [-0.39, 0.29) is 24.3 Å². The fraction of sp³-hybridized carbons (Fsp3) is 0.462. The zero-order valence-electron chi connectivity index (χ0n) is 10.4. The predicted octanol–water partition coefficient (Wildman–Crippen LogP) is 0.733. The van der Waals surface area contributed by atoms with Crippen LogP contribution in [0.1, 0.15) is 6.42 Å². The van der Waals surface area contributed by atoms with Crippen molar-refractivity contribution in [2.45, 2.75) is 12.5 Å². The number of nitrogens with zero attached hydrogens (tertiary/aromatic N) is 1. The van der Waals surface area contributed by atoms with Crippen molar-refractivity contribution in [3.63, 3.8) is 0 Å². The maximum Gasteiger partial charge on any atom is 0.246 e. The number of carbonyl (C=O) groups is 1. The molecule has 18 heavy (non-hydrogen) atoms. The van der Waals surface area contributed by atoms with Gasteiger partial charge in [0.2, 0.25) is 5.91 Å². The van der Waals surface area contributed by atoms with Gasteiger partial charge in [-0.25, -0.2) is 0 Å². The van der Waals surface area contributed by atoms with Gasteiger partial charge in [0.25, 0.3) is 0 Å². The van der Waals surface area contributed by atoms with Gasteiger partial charge in [0.15, 0.2) is 0 Å². The number of methoxy groups -OCH3 is 1. The number of rotatable bonds is 4. The molecule has 2 N–H and O–H groups in total. The monoisotopic (exact) mass is 250 g/mol. The van der Waals surface area contributed by atoms with E-state index in [2.05, 4.69) is 10.2 Å². The number of phenols is 1. The van der Waals surface area contributed by atoms with Crippen molar-refractivity contribution in [2.75, 3.05) is 31.7 Å². The summed E-state index contributed by atoms with van der Waals surface area (Å²) in [6, 6.07) is 7.31. The number of hydrogen-bond acceptors (Lipinski definition) is 4. The Morgan fingerprint density at radius 1 is 1.61 bits per heavy atom. The lowest BCUT2D eigenvalue weighted by Gasteiger charge is -2.19. The molecule has 0 bridgehead atoms. The Morgan fingerprint density at radius 3 is 3.17 bits per heavy atom. The molecule has 0 saturated carbocycles. The third kappa shape index (κ3) is 3.13. The number of ether oxygens (including phenoxy) is 1. The molecule has 5 heteroatoms. The number of amides is 1. The molecule has 2 rings (SSSR count). The Bertz CT molecular complexity index is 422. The molecule has 1 atom stereocenters. The second kappa shape index (κ2) is 5.73. The summed E-state index contributed by atoms with van der Waals surface area (Å²) in [5.74, 6) is 0.180. The number of anilines is 1. The minimum Gasteiger partial charge on any atom is -0.508 e. The number of aromatic hydroxyl groups is 1. The Balaban J connectivity index is 1.90. The van der Waals surface area contributed by atoms with E-state index in [1.54, 1.807) is 12.1 Å².